The highest BCUT2D eigenvalue weighted by Crippen LogP contribution is 1.93. The van der Waals surface area contributed by atoms with E-state index in [-0.39, 0.29) is 5.89 Å². The molecule has 0 aromatic carbocycles. The van der Waals surface area contributed by atoms with Crippen LogP contribution in [-0.2, 0) is 0 Å². The first kappa shape index (κ1) is 3.20. The van der Waals surface area contributed by atoms with E-state index in [0.717, 1.165) is 6.42 Å². The molecule has 0 N–H and O–H groups in total. The van der Waals surface area contributed by atoms with E-state index in [1.165, 1.54) is 0 Å². The van der Waals surface area contributed by atoms with Crippen molar-refractivity contribution in [3.63, 3.8) is 0 Å². The van der Waals surface area contributed by atoms with E-state index in [9.17, 15) is 0 Å². The van der Waals surface area contributed by atoms with E-state index in [1.807, 2.05) is 20.8 Å². The van der Waals surface area contributed by atoms with E-state index >= 15 is 0 Å². The molecule has 0 atom stereocenters. The fourth-order valence-electron chi connectivity index (χ4n) is 0. The molecule has 0 bridgehead atoms. The highest BCUT2D eigenvalue weighted by Gasteiger charge is 1.80. The van der Waals surface area contributed by atoms with Gasteiger partial charge in [0, 0.05) is 1.37 Å². The van der Waals surface area contributed by atoms with E-state index in [4.69, 9.17) is 1.37 Å². The number of rotatable bonds is 1. The molecule has 0 aromatic rings. The van der Waals surface area contributed by atoms with Gasteiger partial charge in [0.1, 0.15) is 0 Å². The van der Waals surface area contributed by atoms with Gasteiger partial charge in [-0.15, -0.1) is 0 Å². The van der Waals surface area contributed by atoms with Crippen molar-refractivity contribution in [1.82, 2.24) is 0 Å². The standard InChI is InChI=1S/C5H12/c1-4-5(2)3/h5H,4H2,1-3H3/i5D. The maximum Gasteiger partial charge on any atom is 0.0297 e. The van der Waals surface area contributed by atoms with Crippen molar-refractivity contribution in [2.24, 2.45) is 5.89 Å². The second-order valence-electron chi connectivity index (χ2n) is 1.56. The molecule has 0 nitrogen and oxygen atoms in total. The maximum absolute atomic E-state index is 7.18. The lowest BCUT2D eigenvalue weighted by Crippen LogP contribution is -1.77. The van der Waals surface area contributed by atoms with Crippen molar-refractivity contribution >= 4 is 0 Å². The second-order valence-corrected chi connectivity index (χ2v) is 1.56. The van der Waals surface area contributed by atoms with Crippen LogP contribution in [0.2, 0.25) is 0 Å². The maximum atomic E-state index is 7.18. The van der Waals surface area contributed by atoms with Gasteiger partial charge in [-0.3, -0.25) is 0 Å². The van der Waals surface area contributed by atoms with Crippen LogP contribution in [0.1, 0.15) is 28.6 Å². The van der Waals surface area contributed by atoms with E-state index in [1.54, 1.807) is 0 Å². The summed E-state index contributed by atoms with van der Waals surface area (Å²) in [5.74, 6) is -0.208. The van der Waals surface area contributed by atoms with Crippen molar-refractivity contribution in [3.8, 4) is 0 Å². The van der Waals surface area contributed by atoms with Crippen LogP contribution in [0, 0.1) is 5.89 Å². The average molecular weight is 73.2 g/mol. The Labute approximate surface area is 35.6 Å². The normalized spacial score (nSPS) is 14.6. The zero-order valence-corrected chi connectivity index (χ0v) is 4.21. The smallest absolute Gasteiger partial charge is 0.0297 e. The van der Waals surface area contributed by atoms with E-state index in [2.05, 4.69) is 0 Å². The second kappa shape index (κ2) is 2.25. The molecule has 0 rings (SSSR count). The van der Waals surface area contributed by atoms with Gasteiger partial charge < -0.3 is 0 Å². The van der Waals surface area contributed by atoms with Gasteiger partial charge in [0.2, 0.25) is 0 Å². The molecule has 0 aliphatic heterocycles. The SMILES string of the molecule is [2H]C(C)(C)CC. The summed E-state index contributed by atoms with van der Waals surface area (Å²) < 4.78 is 7.18. The zero-order valence-electron chi connectivity index (χ0n) is 5.21. The Hall–Kier alpha value is 0. The van der Waals surface area contributed by atoms with E-state index < -0.39 is 0 Å². The molecule has 0 saturated heterocycles. The highest BCUT2D eigenvalue weighted by atomic mass is 13.9. The van der Waals surface area contributed by atoms with Gasteiger partial charge in [-0.2, -0.15) is 0 Å². The first-order valence-electron chi connectivity index (χ1n) is 2.56. The largest absolute Gasteiger partial charge is 0.0651 e. The Morgan fingerprint density at radius 1 is 1.80 bits per heavy atom. The molecule has 0 aliphatic carbocycles. The third-order valence-electron chi connectivity index (χ3n) is 0.707. The fourth-order valence-corrected chi connectivity index (χ4v) is 0. The predicted octanol–water partition coefficient (Wildman–Crippen LogP) is 2.05. The van der Waals surface area contributed by atoms with Crippen molar-refractivity contribution in [1.29, 1.82) is 0 Å². The molecule has 0 heteroatoms. The Kier molecular flexibility index (Phi) is 1.44. The third kappa shape index (κ3) is 4.00. The van der Waals surface area contributed by atoms with Crippen molar-refractivity contribution in [2.45, 2.75) is 27.2 Å². The fraction of sp³-hybridized carbons (Fsp3) is 1.00. The Balaban J connectivity index is 3.17. The van der Waals surface area contributed by atoms with Crippen LogP contribution >= 0.6 is 0 Å². The van der Waals surface area contributed by atoms with Gasteiger partial charge in [0.05, 0.1) is 0 Å². The summed E-state index contributed by atoms with van der Waals surface area (Å²) in [7, 11) is 0. The van der Waals surface area contributed by atoms with Crippen LogP contribution in [0.4, 0.5) is 0 Å². The third-order valence-corrected chi connectivity index (χ3v) is 0.707. The minimum absolute atomic E-state index is 0.208. The van der Waals surface area contributed by atoms with Crippen LogP contribution in [0.3, 0.4) is 0 Å². The van der Waals surface area contributed by atoms with Gasteiger partial charge in [-0.25, -0.2) is 0 Å². The summed E-state index contributed by atoms with van der Waals surface area (Å²) >= 11 is 0. The molecular formula is C5H12. The van der Waals surface area contributed by atoms with Gasteiger partial charge >= 0.3 is 0 Å². The van der Waals surface area contributed by atoms with Crippen molar-refractivity contribution in [2.75, 3.05) is 0 Å². The van der Waals surface area contributed by atoms with Crippen LogP contribution in [0.15, 0.2) is 0 Å². The average Bonchev–Trinajstić information content (AvgIpc) is 1.35. The van der Waals surface area contributed by atoms with Gasteiger partial charge in [0.25, 0.3) is 0 Å². The lowest BCUT2D eigenvalue weighted by Gasteiger charge is -1.90. The van der Waals surface area contributed by atoms with Gasteiger partial charge in [-0.1, -0.05) is 27.2 Å². The predicted molar refractivity (Wildman–Crippen MR) is 25.1 cm³/mol. The summed E-state index contributed by atoms with van der Waals surface area (Å²) in [6.45, 7) is 5.84. The van der Waals surface area contributed by atoms with E-state index in [0.29, 0.717) is 0 Å². The quantitative estimate of drug-likeness (QED) is 0.445. The number of hydrogen-bond acceptors (Lipinski definition) is 0. The summed E-state index contributed by atoms with van der Waals surface area (Å²) in [5.41, 5.74) is 0. The zero-order chi connectivity index (χ0) is 5.21. The summed E-state index contributed by atoms with van der Waals surface area (Å²) in [5, 5.41) is 0. The lowest BCUT2D eigenvalue weighted by atomic mass is 10.2. The van der Waals surface area contributed by atoms with Crippen LogP contribution in [-0.4, -0.2) is 0 Å². The molecule has 0 heterocycles. The minimum atomic E-state index is -0.208. The van der Waals surface area contributed by atoms with Gasteiger partial charge in [0.15, 0.2) is 0 Å². The first-order chi connectivity index (χ1) is 2.56. The molecule has 0 fully saturated rings. The molecular weight excluding hydrogens is 60.1 g/mol. The Morgan fingerprint density at radius 2 is 2.00 bits per heavy atom. The highest BCUT2D eigenvalue weighted by molar-refractivity contribution is 4.32. The molecule has 0 saturated carbocycles. The van der Waals surface area contributed by atoms with Crippen molar-refractivity contribution < 1.29 is 1.37 Å². The molecule has 0 spiro atoms. The molecule has 0 unspecified atom stereocenters. The number of hydrogen-bond donors (Lipinski definition) is 0. The van der Waals surface area contributed by atoms with Crippen LogP contribution in [0.5, 0.6) is 0 Å². The molecule has 5 heavy (non-hydrogen) atoms. The Bertz CT molecular complexity index is 33.7. The lowest BCUT2D eigenvalue weighted by molar-refractivity contribution is 0.626. The molecule has 0 aromatic heterocycles. The monoisotopic (exact) mass is 73.1 g/mol. The molecule has 0 aliphatic rings. The molecule has 0 radical (unpaired) electrons. The van der Waals surface area contributed by atoms with Crippen molar-refractivity contribution in [3.05, 3.63) is 0 Å². The molecule has 0 amide bonds. The van der Waals surface area contributed by atoms with Gasteiger partial charge in [-0.05, 0) is 5.89 Å². The van der Waals surface area contributed by atoms with Crippen LogP contribution < -0.4 is 0 Å². The summed E-state index contributed by atoms with van der Waals surface area (Å²) in [4.78, 5) is 0. The summed E-state index contributed by atoms with van der Waals surface area (Å²) in [6.07, 6.45) is 0.938. The first-order valence-corrected chi connectivity index (χ1v) is 2.06. The topological polar surface area (TPSA) is 0 Å². The Morgan fingerprint density at radius 3 is 2.00 bits per heavy atom. The summed E-state index contributed by atoms with van der Waals surface area (Å²) in [6, 6.07) is 0. The minimum Gasteiger partial charge on any atom is -0.0651 e. The van der Waals surface area contributed by atoms with Crippen LogP contribution in [0.25, 0.3) is 0 Å². The molecule has 32 valence electrons.